The summed E-state index contributed by atoms with van der Waals surface area (Å²) in [6.45, 7) is 3.10. The Hall–Kier alpha value is -2.96. The van der Waals surface area contributed by atoms with Gasteiger partial charge in [-0.05, 0) is 31.9 Å². The van der Waals surface area contributed by atoms with Crippen molar-refractivity contribution in [3.8, 4) is 5.69 Å². The molecule has 25 heavy (non-hydrogen) atoms. The minimum atomic E-state index is -0.728. The van der Waals surface area contributed by atoms with E-state index in [4.69, 9.17) is 0 Å². The predicted molar refractivity (Wildman–Crippen MR) is 93.8 cm³/mol. The molecule has 0 radical (unpaired) electrons. The standard InChI is InChI=1S/C18H19N5O2/c1-18(17(24)25)7-9-22(10-8-18)15-14-16(20-11-19-15)23(12-21-14)13-5-3-2-4-6-13/h2-6,11-12H,7-10H2,1H3,(H,24,25). The van der Waals surface area contributed by atoms with Gasteiger partial charge in [-0.1, -0.05) is 18.2 Å². The molecule has 1 aliphatic heterocycles. The summed E-state index contributed by atoms with van der Waals surface area (Å²) < 4.78 is 1.94. The molecule has 1 saturated heterocycles. The fraction of sp³-hybridized carbons (Fsp3) is 0.333. The molecular formula is C18H19N5O2. The average molecular weight is 337 g/mol. The van der Waals surface area contributed by atoms with Crippen molar-refractivity contribution in [2.24, 2.45) is 5.41 Å². The van der Waals surface area contributed by atoms with Crippen LogP contribution in [0.5, 0.6) is 0 Å². The van der Waals surface area contributed by atoms with Crippen LogP contribution >= 0.6 is 0 Å². The lowest BCUT2D eigenvalue weighted by atomic mass is 9.80. The number of hydrogen-bond donors (Lipinski definition) is 1. The maximum atomic E-state index is 11.4. The topological polar surface area (TPSA) is 84.1 Å². The van der Waals surface area contributed by atoms with Gasteiger partial charge in [-0.25, -0.2) is 15.0 Å². The van der Waals surface area contributed by atoms with E-state index in [9.17, 15) is 9.90 Å². The number of aromatic nitrogens is 4. The predicted octanol–water partition coefficient (Wildman–Crippen LogP) is 2.51. The van der Waals surface area contributed by atoms with Crippen LogP contribution in [0.15, 0.2) is 43.0 Å². The van der Waals surface area contributed by atoms with Gasteiger partial charge in [0, 0.05) is 18.8 Å². The summed E-state index contributed by atoms with van der Waals surface area (Å²) in [6.07, 6.45) is 4.48. The lowest BCUT2D eigenvalue weighted by Crippen LogP contribution is -2.43. The maximum absolute atomic E-state index is 11.4. The summed E-state index contributed by atoms with van der Waals surface area (Å²) in [4.78, 5) is 26.9. The van der Waals surface area contributed by atoms with E-state index < -0.39 is 11.4 Å². The summed E-state index contributed by atoms with van der Waals surface area (Å²) in [7, 11) is 0. The van der Waals surface area contributed by atoms with Crippen LogP contribution in [0.1, 0.15) is 19.8 Å². The SMILES string of the molecule is CC1(C(=O)O)CCN(c2ncnc3c2ncn3-c2ccccc2)CC1. The molecule has 1 aliphatic rings. The van der Waals surface area contributed by atoms with Gasteiger partial charge in [-0.15, -0.1) is 0 Å². The van der Waals surface area contributed by atoms with Gasteiger partial charge < -0.3 is 10.0 Å². The number of nitrogens with zero attached hydrogens (tertiary/aromatic N) is 5. The Kier molecular flexibility index (Phi) is 3.63. The molecule has 0 bridgehead atoms. The minimum Gasteiger partial charge on any atom is -0.481 e. The van der Waals surface area contributed by atoms with E-state index in [1.54, 1.807) is 12.7 Å². The number of imidazole rings is 1. The van der Waals surface area contributed by atoms with Crippen molar-refractivity contribution in [2.45, 2.75) is 19.8 Å². The van der Waals surface area contributed by atoms with Gasteiger partial charge >= 0.3 is 5.97 Å². The van der Waals surface area contributed by atoms with E-state index >= 15 is 0 Å². The van der Waals surface area contributed by atoms with Gasteiger partial charge in [0.25, 0.3) is 0 Å². The molecule has 128 valence electrons. The third kappa shape index (κ3) is 2.61. The highest BCUT2D eigenvalue weighted by atomic mass is 16.4. The molecule has 4 rings (SSSR count). The quantitative estimate of drug-likeness (QED) is 0.790. The summed E-state index contributed by atoms with van der Waals surface area (Å²) in [6, 6.07) is 9.92. The number of para-hydroxylation sites is 1. The Labute approximate surface area is 145 Å². The first-order valence-corrected chi connectivity index (χ1v) is 8.30. The molecule has 0 unspecified atom stereocenters. The number of anilines is 1. The number of benzene rings is 1. The van der Waals surface area contributed by atoms with Crippen LogP contribution in [0.3, 0.4) is 0 Å². The molecule has 3 aromatic rings. The Morgan fingerprint density at radius 1 is 1.12 bits per heavy atom. The van der Waals surface area contributed by atoms with Crippen molar-refractivity contribution in [1.82, 2.24) is 19.5 Å². The Morgan fingerprint density at radius 3 is 2.52 bits per heavy atom. The van der Waals surface area contributed by atoms with Gasteiger partial charge in [0.05, 0.1) is 5.41 Å². The molecule has 0 spiro atoms. The molecule has 0 saturated carbocycles. The number of piperidine rings is 1. The van der Waals surface area contributed by atoms with Crippen molar-refractivity contribution in [2.75, 3.05) is 18.0 Å². The van der Waals surface area contributed by atoms with Crippen LogP contribution in [0.25, 0.3) is 16.9 Å². The zero-order valence-corrected chi connectivity index (χ0v) is 14.0. The van der Waals surface area contributed by atoms with Crippen LogP contribution in [-0.4, -0.2) is 43.7 Å². The van der Waals surface area contributed by atoms with Crippen LogP contribution in [-0.2, 0) is 4.79 Å². The molecule has 1 fully saturated rings. The largest absolute Gasteiger partial charge is 0.481 e. The van der Waals surface area contributed by atoms with E-state index in [1.807, 2.05) is 41.8 Å². The fourth-order valence-electron chi connectivity index (χ4n) is 3.26. The molecular weight excluding hydrogens is 318 g/mol. The summed E-state index contributed by atoms with van der Waals surface area (Å²) in [5, 5.41) is 9.40. The lowest BCUT2D eigenvalue weighted by Gasteiger charge is -2.36. The summed E-state index contributed by atoms with van der Waals surface area (Å²) in [5.41, 5.74) is 1.83. The van der Waals surface area contributed by atoms with E-state index in [1.165, 1.54) is 0 Å². The van der Waals surface area contributed by atoms with Gasteiger partial charge in [0.1, 0.15) is 12.7 Å². The van der Waals surface area contributed by atoms with Gasteiger partial charge in [0.15, 0.2) is 17.0 Å². The second-order valence-corrected chi connectivity index (χ2v) is 6.67. The van der Waals surface area contributed by atoms with Crippen molar-refractivity contribution in [3.63, 3.8) is 0 Å². The second-order valence-electron chi connectivity index (χ2n) is 6.67. The number of carbonyl (C=O) groups is 1. The molecule has 3 heterocycles. The first-order valence-electron chi connectivity index (χ1n) is 8.30. The van der Waals surface area contributed by atoms with Crippen LogP contribution < -0.4 is 4.90 Å². The Bertz CT molecular complexity index is 914. The third-order valence-corrected chi connectivity index (χ3v) is 5.03. The number of carboxylic acid groups (broad SMARTS) is 1. The average Bonchev–Trinajstić information content (AvgIpc) is 3.07. The fourth-order valence-corrected chi connectivity index (χ4v) is 3.26. The lowest BCUT2D eigenvalue weighted by molar-refractivity contribution is -0.149. The van der Waals surface area contributed by atoms with E-state index in [0.717, 1.165) is 22.7 Å². The normalized spacial score (nSPS) is 16.9. The van der Waals surface area contributed by atoms with Crippen LogP contribution in [0, 0.1) is 5.41 Å². The molecule has 1 aromatic carbocycles. The first kappa shape index (κ1) is 15.6. The number of fused-ring (bicyclic) bond motifs is 1. The van der Waals surface area contributed by atoms with Gasteiger partial charge in [-0.3, -0.25) is 9.36 Å². The minimum absolute atomic E-state index is 0.590. The number of aliphatic carboxylic acids is 1. The van der Waals surface area contributed by atoms with Crippen molar-refractivity contribution in [1.29, 1.82) is 0 Å². The number of rotatable bonds is 3. The highest BCUT2D eigenvalue weighted by Crippen LogP contribution is 2.34. The molecule has 0 amide bonds. The molecule has 1 N–H and O–H groups in total. The zero-order chi connectivity index (χ0) is 17.4. The van der Waals surface area contributed by atoms with E-state index in [2.05, 4.69) is 19.9 Å². The summed E-state index contributed by atoms with van der Waals surface area (Å²) >= 11 is 0. The highest BCUT2D eigenvalue weighted by Gasteiger charge is 2.37. The number of hydrogen-bond acceptors (Lipinski definition) is 5. The first-order chi connectivity index (χ1) is 12.1. The zero-order valence-electron chi connectivity index (χ0n) is 14.0. The second kappa shape index (κ2) is 5.84. The van der Waals surface area contributed by atoms with Crippen LogP contribution in [0.4, 0.5) is 5.82 Å². The van der Waals surface area contributed by atoms with Crippen molar-refractivity contribution >= 4 is 23.0 Å². The number of carboxylic acids is 1. The van der Waals surface area contributed by atoms with Gasteiger partial charge in [-0.2, -0.15) is 0 Å². The Morgan fingerprint density at radius 2 is 1.84 bits per heavy atom. The highest BCUT2D eigenvalue weighted by molar-refractivity contribution is 5.85. The molecule has 7 heteroatoms. The molecule has 2 aromatic heterocycles. The van der Waals surface area contributed by atoms with Crippen LogP contribution in [0.2, 0.25) is 0 Å². The van der Waals surface area contributed by atoms with E-state index in [0.29, 0.717) is 25.9 Å². The summed E-state index contributed by atoms with van der Waals surface area (Å²) in [5.74, 6) is 0.0421. The van der Waals surface area contributed by atoms with Crippen molar-refractivity contribution < 1.29 is 9.90 Å². The third-order valence-electron chi connectivity index (χ3n) is 5.03. The maximum Gasteiger partial charge on any atom is 0.309 e. The molecule has 7 nitrogen and oxygen atoms in total. The molecule has 0 aliphatic carbocycles. The Balaban J connectivity index is 1.68. The van der Waals surface area contributed by atoms with E-state index in [-0.39, 0.29) is 0 Å². The molecule has 0 atom stereocenters. The van der Waals surface area contributed by atoms with Gasteiger partial charge in [0.2, 0.25) is 0 Å². The monoisotopic (exact) mass is 337 g/mol. The smallest absolute Gasteiger partial charge is 0.309 e. The van der Waals surface area contributed by atoms with Crippen molar-refractivity contribution in [3.05, 3.63) is 43.0 Å².